The Morgan fingerprint density at radius 3 is 2.67 bits per heavy atom. The van der Waals surface area contributed by atoms with Gasteiger partial charge in [-0.3, -0.25) is 4.79 Å². The highest BCUT2D eigenvalue weighted by atomic mass is 16.3. The molecule has 0 unspecified atom stereocenters. The molecule has 1 amide bonds. The monoisotopic (exact) mass is 401 g/mol. The van der Waals surface area contributed by atoms with Gasteiger partial charge in [0, 0.05) is 19.3 Å². The summed E-state index contributed by atoms with van der Waals surface area (Å²) in [4.78, 5) is 19.7. The van der Waals surface area contributed by atoms with Gasteiger partial charge in [-0.15, -0.1) is 0 Å². The van der Waals surface area contributed by atoms with E-state index in [0.717, 1.165) is 29.5 Å². The van der Waals surface area contributed by atoms with Crippen molar-refractivity contribution in [3.05, 3.63) is 66.7 Å². The number of hydrogen-bond donors (Lipinski definition) is 1. The Morgan fingerprint density at radius 1 is 1.00 bits per heavy atom. The summed E-state index contributed by atoms with van der Waals surface area (Å²) in [5.74, 6) is 0.742. The Morgan fingerprint density at radius 2 is 1.77 bits per heavy atom. The predicted molar refractivity (Wildman–Crippen MR) is 112 cm³/mol. The van der Waals surface area contributed by atoms with Crippen molar-refractivity contribution in [2.45, 2.75) is 25.0 Å². The molecule has 0 radical (unpaired) electrons. The second-order valence-corrected chi connectivity index (χ2v) is 8.57. The lowest BCUT2D eigenvalue weighted by Gasteiger charge is -2.36. The van der Waals surface area contributed by atoms with Crippen molar-refractivity contribution >= 4 is 22.5 Å². The highest BCUT2D eigenvalue weighted by Crippen LogP contribution is 2.42. The molecule has 1 saturated carbocycles. The van der Waals surface area contributed by atoms with Gasteiger partial charge in [-0.05, 0) is 48.9 Å². The molecule has 0 bridgehead atoms. The van der Waals surface area contributed by atoms with E-state index < -0.39 is 6.10 Å². The normalized spacial score (nSPS) is 26.4. The molecule has 4 aromatic rings. The van der Waals surface area contributed by atoms with Gasteiger partial charge in [-0.1, -0.05) is 18.2 Å². The summed E-state index contributed by atoms with van der Waals surface area (Å²) in [6.45, 7) is 1.42. The van der Waals surface area contributed by atoms with E-state index in [2.05, 4.69) is 20.7 Å². The number of para-hydroxylation sites is 2. The van der Waals surface area contributed by atoms with Crippen molar-refractivity contribution in [1.82, 2.24) is 24.1 Å². The van der Waals surface area contributed by atoms with Crippen LogP contribution in [0.2, 0.25) is 0 Å². The van der Waals surface area contributed by atoms with Crippen LogP contribution in [0.1, 0.15) is 29.2 Å². The van der Waals surface area contributed by atoms with E-state index in [9.17, 15) is 9.90 Å². The van der Waals surface area contributed by atoms with Crippen LogP contribution in [0.3, 0.4) is 0 Å². The molecule has 4 atom stereocenters. The third kappa shape index (κ3) is 2.65. The van der Waals surface area contributed by atoms with Crippen molar-refractivity contribution in [1.29, 1.82) is 0 Å². The van der Waals surface area contributed by atoms with Crippen LogP contribution in [0.5, 0.6) is 0 Å². The maximum absolute atomic E-state index is 13.2. The second kappa shape index (κ2) is 6.67. The minimum atomic E-state index is -0.434. The number of amides is 1. The second-order valence-electron chi connectivity index (χ2n) is 8.57. The number of fused-ring (bicyclic) bond motifs is 3. The van der Waals surface area contributed by atoms with Gasteiger partial charge in [0.2, 0.25) is 0 Å². The SMILES string of the molecule is O=C(c1cnn2ccccc12)N1C[C@H]2C[C@@H](n3cnc4ccccc43)[C@H](O)C[C@H]2C1. The summed E-state index contributed by atoms with van der Waals surface area (Å²) < 4.78 is 3.85. The Balaban J connectivity index is 1.25. The Labute approximate surface area is 173 Å². The maximum Gasteiger partial charge on any atom is 0.257 e. The van der Waals surface area contributed by atoms with Gasteiger partial charge in [-0.25, -0.2) is 9.50 Å². The summed E-state index contributed by atoms with van der Waals surface area (Å²) in [6, 6.07) is 13.8. The quantitative estimate of drug-likeness (QED) is 0.560. The first-order valence-corrected chi connectivity index (χ1v) is 10.5. The number of aromatic nitrogens is 4. The van der Waals surface area contributed by atoms with Gasteiger partial charge >= 0.3 is 0 Å². The van der Waals surface area contributed by atoms with Crippen LogP contribution >= 0.6 is 0 Å². The third-order valence-corrected chi connectivity index (χ3v) is 6.89. The molecule has 0 spiro atoms. The first-order valence-electron chi connectivity index (χ1n) is 10.5. The van der Waals surface area contributed by atoms with Crippen LogP contribution < -0.4 is 0 Å². The van der Waals surface area contributed by atoms with Crippen LogP contribution in [0.4, 0.5) is 0 Å². The molecule has 1 aromatic carbocycles. The van der Waals surface area contributed by atoms with Crippen LogP contribution in [0, 0.1) is 11.8 Å². The van der Waals surface area contributed by atoms with Gasteiger partial charge in [0.15, 0.2) is 0 Å². The van der Waals surface area contributed by atoms with Gasteiger partial charge in [0.05, 0.1) is 46.8 Å². The van der Waals surface area contributed by atoms with Crippen LogP contribution in [0.15, 0.2) is 61.2 Å². The van der Waals surface area contributed by atoms with Crippen molar-refractivity contribution in [3.63, 3.8) is 0 Å². The molecular formula is C23H23N5O2. The molecule has 7 heteroatoms. The molecule has 6 rings (SSSR count). The average Bonchev–Trinajstić information content (AvgIpc) is 3.48. The van der Waals surface area contributed by atoms with Crippen LogP contribution in [-0.4, -0.2) is 54.3 Å². The number of nitrogens with zero attached hydrogens (tertiary/aromatic N) is 5. The number of likely N-dealkylation sites (tertiary alicyclic amines) is 1. The Bertz CT molecular complexity index is 1240. The Hall–Kier alpha value is -3.19. The van der Waals surface area contributed by atoms with Crippen LogP contribution in [-0.2, 0) is 0 Å². The molecule has 1 N–H and O–H groups in total. The fourth-order valence-electron chi connectivity index (χ4n) is 5.38. The van der Waals surface area contributed by atoms with E-state index in [1.807, 2.05) is 53.8 Å². The number of rotatable bonds is 2. The van der Waals surface area contributed by atoms with Crippen molar-refractivity contribution in [2.24, 2.45) is 11.8 Å². The number of hydrogen-bond acceptors (Lipinski definition) is 4. The highest BCUT2D eigenvalue weighted by molar-refractivity contribution is 6.00. The van der Waals surface area contributed by atoms with Crippen molar-refractivity contribution in [2.75, 3.05) is 13.1 Å². The van der Waals surface area contributed by atoms with Crippen molar-refractivity contribution < 1.29 is 9.90 Å². The standard InChI is InChI=1S/C23H23N5O2/c29-22-10-16-13-26(23(30)17-11-25-28-8-4-3-6-19(17)28)12-15(16)9-21(22)27-14-24-18-5-1-2-7-20(18)27/h1-8,11,14-16,21-22,29H,9-10,12-13H2/t15-,16+,21-,22-/m1/s1. The lowest BCUT2D eigenvalue weighted by molar-refractivity contribution is 0.0374. The van der Waals surface area contributed by atoms with Gasteiger partial charge in [0.25, 0.3) is 5.91 Å². The fourth-order valence-corrected chi connectivity index (χ4v) is 5.38. The zero-order valence-corrected chi connectivity index (χ0v) is 16.5. The highest BCUT2D eigenvalue weighted by Gasteiger charge is 2.44. The number of aliphatic hydroxyl groups excluding tert-OH is 1. The zero-order valence-electron chi connectivity index (χ0n) is 16.5. The first-order chi connectivity index (χ1) is 14.7. The van der Waals surface area contributed by atoms with E-state index in [-0.39, 0.29) is 11.9 Å². The lowest BCUT2D eigenvalue weighted by Crippen LogP contribution is -2.36. The number of carbonyl (C=O) groups is 1. The largest absolute Gasteiger partial charge is 0.391 e. The number of imidazole rings is 1. The molecule has 3 aromatic heterocycles. The van der Waals surface area contributed by atoms with E-state index in [4.69, 9.17) is 0 Å². The van der Waals surface area contributed by atoms with Crippen molar-refractivity contribution in [3.8, 4) is 0 Å². The first kappa shape index (κ1) is 17.7. The predicted octanol–water partition coefficient (Wildman–Crippen LogP) is 2.77. The molecule has 1 saturated heterocycles. The minimum Gasteiger partial charge on any atom is -0.391 e. The number of aliphatic hydroxyl groups is 1. The molecular weight excluding hydrogens is 378 g/mol. The van der Waals surface area contributed by atoms with E-state index >= 15 is 0 Å². The van der Waals surface area contributed by atoms with E-state index in [1.54, 1.807) is 10.7 Å². The summed E-state index contributed by atoms with van der Waals surface area (Å²) in [7, 11) is 0. The van der Waals surface area contributed by atoms with Crippen LogP contribution in [0.25, 0.3) is 16.6 Å². The Kier molecular flexibility index (Phi) is 3.92. The smallest absolute Gasteiger partial charge is 0.257 e. The number of benzene rings is 1. The number of pyridine rings is 1. The zero-order chi connectivity index (χ0) is 20.2. The summed E-state index contributed by atoms with van der Waals surface area (Å²) in [5.41, 5.74) is 3.48. The van der Waals surface area contributed by atoms with Gasteiger partial charge < -0.3 is 14.6 Å². The minimum absolute atomic E-state index is 0.00863. The number of carbonyl (C=O) groups excluding carboxylic acids is 1. The van der Waals surface area contributed by atoms with Gasteiger partial charge in [-0.2, -0.15) is 5.10 Å². The molecule has 2 fully saturated rings. The van der Waals surface area contributed by atoms with Gasteiger partial charge in [0.1, 0.15) is 0 Å². The molecule has 7 nitrogen and oxygen atoms in total. The average molecular weight is 401 g/mol. The van der Waals surface area contributed by atoms with E-state index in [0.29, 0.717) is 30.4 Å². The third-order valence-electron chi connectivity index (χ3n) is 6.89. The lowest BCUT2D eigenvalue weighted by atomic mass is 9.77. The molecule has 152 valence electrons. The molecule has 1 aliphatic heterocycles. The summed E-state index contributed by atoms with van der Waals surface area (Å²) in [5, 5.41) is 15.2. The molecule has 30 heavy (non-hydrogen) atoms. The summed E-state index contributed by atoms with van der Waals surface area (Å²) >= 11 is 0. The summed E-state index contributed by atoms with van der Waals surface area (Å²) in [6.07, 6.45) is 6.48. The maximum atomic E-state index is 13.2. The molecule has 4 heterocycles. The molecule has 1 aliphatic carbocycles. The van der Waals surface area contributed by atoms with E-state index in [1.165, 1.54) is 0 Å². The topological polar surface area (TPSA) is 75.7 Å². The fraction of sp³-hybridized carbons (Fsp3) is 0.348. The molecule has 2 aliphatic rings.